The van der Waals surface area contributed by atoms with Crippen LogP contribution in [0.2, 0.25) is 0 Å². The average molecular weight is 251 g/mol. The van der Waals surface area contributed by atoms with Crippen molar-refractivity contribution in [2.45, 2.75) is 46.2 Å². The van der Waals surface area contributed by atoms with Gasteiger partial charge in [0.2, 0.25) is 0 Å². The van der Waals surface area contributed by atoms with Crippen molar-refractivity contribution >= 4 is 5.91 Å². The molecule has 1 aromatic rings. The second-order valence-corrected chi connectivity index (χ2v) is 5.21. The average Bonchev–Trinajstić information content (AvgIpc) is 2.64. The lowest BCUT2D eigenvalue weighted by Gasteiger charge is -2.35. The van der Waals surface area contributed by atoms with Crippen LogP contribution in [0.3, 0.4) is 0 Å². The Kier molecular flexibility index (Phi) is 3.71. The van der Waals surface area contributed by atoms with Crippen LogP contribution in [-0.4, -0.2) is 29.7 Å². The summed E-state index contributed by atoms with van der Waals surface area (Å²) < 4.78 is 5.03. The molecule has 0 radical (unpaired) electrons. The van der Waals surface area contributed by atoms with Gasteiger partial charge in [0.25, 0.3) is 5.91 Å². The number of aryl methyl sites for hydroxylation is 2. The second kappa shape index (κ2) is 5.10. The van der Waals surface area contributed by atoms with E-state index in [1.54, 1.807) is 13.8 Å². The summed E-state index contributed by atoms with van der Waals surface area (Å²) in [5.74, 6) is 0.971. The molecule has 1 fully saturated rings. The smallest absolute Gasteiger partial charge is 0.257 e. The first-order valence-electron chi connectivity index (χ1n) is 6.47. The summed E-state index contributed by atoms with van der Waals surface area (Å²) in [4.78, 5) is 12.3. The summed E-state index contributed by atoms with van der Waals surface area (Å²) in [7, 11) is 0. The number of rotatable bonds is 2. The van der Waals surface area contributed by atoms with Gasteiger partial charge < -0.3 is 15.2 Å². The van der Waals surface area contributed by atoms with Crippen LogP contribution in [0.15, 0.2) is 4.52 Å². The molecule has 0 bridgehead atoms. The number of amides is 1. The van der Waals surface area contributed by atoms with Gasteiger partial charge in [0.15, 0.2) is 0 Å². The summed E-state index contributed by atoms with van der Waals surface area (Å²) >= 11 is 0. The van der Waals surface area contributed by atoms with Crippen molar-refractivity contribution in [3.05, 3.63) is 17.0 Å². The van der Waals surface area contributed by atoms with Gasteiger partial charge in [-0.25, -0.2) is 0 Å². The van der Waals surface area contributed by atoms with E-state index in [9.17, 15) is 4.79 Å². The highest BCUT2D eigenvalue weighted by molar-refractivity contribution is 5.96. The first kappa shape index (κ1) is 13.1. The lowest BCUT2D eigenvalue weighted by molar-refractivity contribution is 0.0895. The van der Waals surface area contributed by atoms with Gasteiger partial charge in [-0.2, -0.15) is 0 Å². The molecule has 0 aliphatic carbocycles. The molecule has 1 amide bonds. The number of aromatic nitrogens is 1. The minimum absolute atomic E-state index is 0.0846. The molecule has 5 heteroatoms. The molecule has 100 valence electrons. The van der Waals surface area contributed by atoms with Gasteiger partial charge in [-0.15, -0.1) is 0 Å². The van der Waals surface area contributed by atoms with Crippen molar-refractivity contribution in [3.63, 3.8) is 0 Å². The third kappa shape index (κ3) is 2.41. The number of nitrogens with zero attached hydrogens (tertiary/aromatic N) is 1. The molecule has 3 unspecified atom stereocenters. The lowest BCUT2D eigenvalue weighted by atomic mass is 9.89. The molecule has 18 heavy (non-hydrogen) atoms. The van der Waals surface area contributed by atoms with Crippen LogP contribution in [-0.2, 0) is 0 Å². The molecule has 0 spiro atoms. The van der Waals surface area contributed by atoms with Gasteiger partial charge in [0.1, 0.15) is 11.3 Å². The van der Waals surface area contributed by atoms with Gasteiger partial charge in [-0.3, -0.25) is 4.79 Å². The van der Waals surface area contributed by atoms with Crippen molar-refractivity contribution in [2.75, 3.05) is 6.54 Å². The lowest BCUT2D eigenvalue weighted by Crippen LogP contribution is -2.56. The van der Waals surface area contributed by atoms with E-state index in [0.29, 0.717) is 22.9 Å². The molecular formula is C13H21N3O2. The Labute approximate surface area is 107 Å². The molecule has 0 aromatic carbocycles. The highest BCUT2D eigenvalue weighted by atomic mass is 16.5. The predicted octanol–water partition coefficient (Wildman–Crippen LogP) is 1.41. The quantitative estimate of drug-likeness (QED) is 0.834. The first-order valence-corrected chi connectivity index (χ1v) is 6.47. The van der Waals surface area contributed by atoms with Crippen LogP contribution in [0.4, 0.5) is 0 Å². The largest absolute Gasteiger partial charge is 0.361 e. The molecule has 1 aliphatic heterocycles. The number of piperidine rings is 1. The highest BCUT2D eigenvalue weighted by Crippen LogP contribution is 2.18. The second-order valence-electron chi connectivity index (χ2n) is 5.21. The highest BCUT2D eigenvalue weighted by Gasteiger charge is 2.30. The van der Waals surface area contributed by atoms with E-state index in [2.05, 4.69) is 29.6 Å². The molecule has 5 nitrogen and oxygen atoms in total. The number of nitrogens with one attached hydrogen (secondary N) is 2. The first-order chi connectivity index (χ1) is 8.50. The molecule has 3 atom stereocenters. The molecule has 2 N–H and O–H groups in total. The SMILES string of the molecule is Cc1noc(C)c1C(=O)NC1C(C)CCNC1C. The maximum absolute atomic E-state index is 12.3. The van der Waals surface area contributed by atoms with Crippen LogP contribution in [0.25, 0.3) is 0 Å². The van der Waals surface area contributed by atoms with E-state index in [1.165, 1.54) is 0 Å². The van der Waals surface area contributed by atoms with E-state index < -0.39 is 0 Å². The van der Waals surface area contributed by atoms with Crippen LogP contribution in [0.1, 0.15) is 42.1 Å². The Morgan fingerprint density at radius 3 is 2.72 bits per heavy atom. The zero-order valence-electron chi connectivity index (χ0n) is 11.4. The number of carbonyl (C=O) groups is 1. The molecule has 1 aliphatic rings. The fourth-order valence-electron chi connectivity index (χ4n) is 2.64. The maximum atomic E-state index is 12.3. The van der Waals surface area contributed by atoms with Gasteiger partial charge in [0, 0.05) is 12.1 Å². The van der Waals surface area contributed by atoms with Crippen LogP contribution >= 0.6 is 0 Å². The van der Waals surface area contributed by atoms with Crippen molar-refractivity contribution in [3.8, 4) is 0 Å². The number of hydrogen-bond donors (Lipinski definition) is 2. The molecule has 2 heterocycles. The normalized spacial score (nSPS) is 28.1. The maximum Gasteiger partial charge on any atom is 0.257 e. The fourth-order valence-corrected chi connectivity index (χ4v) is 2.64. The number of hydrogen-bond acceptors (Lipinski definition) is 4. The minimum Gasteiger partial charge on any atom is -0.361 e. The van der Waals surface area contributed by atoms with Crippen LogP contribution in [0, 0.1) is 19.8 Å². The van der Waals surface area contributed by atoms with E-state index in [-0.39, 0.29) is 18.0 Å². The van der Waals surface area contributed by atoms with Gasteiger partial charge in [-0.05, 0) is 39.7 Å². The van der Waals surface area contributed by atoms with E-state index >= 15 is 0 Å². The van der Waals surface area contributed by atoms with Crippen molar-refractivity contribution in [1.82, 2.24) is 15.8 Å². The topological polar surface area (TPSA) is 67.2 Å². The third-order valence-corrected chi connectivity index (χ3v) is 3.78. The summed E-state index contributed by atoms with van der Waals surface area (Å²) in [5, 5.41) is 10.3. The standard InChI is InChI=1S/C13H21N3O2/c1-7-5-6-14-9(3)12(7)15-13(17)11-8(2)16-18-10(11)4/h7,9,12,14H,5-6H2,1-4H3,(H,15,17). The molecule has 1 aromatic heterocycles. The molecular weight excluding hydrogens is 230 g/mol. The van der Waals surface area contributed by atoms with Gasteiger partial charge >= 0.3 is 0 Å². The summed E-state index contributed by atoms with van der Waals surface area (Å²) in [6.07, 6.45) is 1.08. The van der Waals surface area contributed by atoms with Crippen LogP contribution in [0.5, 0.6) is 0 Å². The summed E-state index contributed by atoms with van der Waals surface area (Å²) in [6.45, 7) is 8.85. The van der Waals surface area contributed by atoms with Crippen molar-refractivity contribution < 1.29 is 9.32 Å². The molecule has 2 rings (SSSR count). The Hall–Kier alpha value is -1.36. The van der Waals surface area contributed by atoms with E-state index in [1.807, 2.05) is 0 Å². The monoisotopic (exact) mass is 251 g/mol. The van der Waals surface area contributed by atoms with Crippen molar-refractivity contribution in [2.24, 2.45) is 5.92 Å². The fraction of sp³-hybridized carbons (Fsp3) is 0.692. The Balaban J connectivity index is 2.11. The van der Waals surface area contributed by atoms with E-state index in [4.69, 9.17) is 4.52 Å². The predicted molar refractivity (Wildman–Crippen MR) is 68.5 cm³/mol. The zero-order chi connectivity index (χ0) is 13.3. The Morgan fingerprint density at radius 1 is 1.44 bits per heavy atom. The van der Waals surface area contributed by atoms with Gasteiger partial charge in [0.05, 0.1) is 5.69 Å². The molecule has 1 saturated heterocycles. The Morgan fingerprint density at radius 2 is 2.17 bits per heavy atom. The third-order valence-electron chi connectivity index (χ3n) is 3.78. The summed E-state index contributed by atoms with van der Waals surface area (Å²) in [6, 6.07) is 0.443. The van der Waals surface area contributed by atoms with Crippen LogP contribution < -0.4 is 10.6 Å². The molecule has 0 saturated carbocycles. The van der Waals surface area contributed by atoms with E-state index in [0.717, 1.165) is 13.0 Å². The Bertz CT molecular complexity index is 412. The minimum atomic E-state index is -0.0846. The summed E-state index contributed by atoms with van der Waals surface area (Å²) in [5.41, 5.74) is 1.22. The number of carbonyl (C=O) groups excluding carboxylic acids is 1. The van der Waals surface area contributed by atoms with Gasteiger partial charge in [-0.1, -0.05) is 12.1 Å². The zero-order valence-corrected chi connectivity index (χ0v) is 11.4. The van der Waals surface area contributed by atoms with Crippen molar-refractivity contribution in [1.29, 1.82) is 0 Å².